The predicted molar refractivity (Wildman–Crippen MR) is 87.7 cm³/mol. The number of rotatable bonds is 3. The summed E-state index contributed by atoms with van der Waals surface area (Å²) >= 11 is 0. The van der Waals surface area contributed by atoms with Crippen molar-refractivity contribution in [3.63, 3.8) is 0 Å². The van der Waals surface area contributed by atoms with Gasteiger partial charge in [-0.15, -0.1) is 0 Å². The second kappa shape index (κ2) is 5.86. The first kappa shape index (κ1) is 16.5. The molecule has 1 amide bonds. The molecule has 1 aromatic rings. The van der Waals surface area contributed by atoms with Gasteiger partial charge in [0.15, 0.2) is 0 Å². The number of nitrogens with zero attached hydrogens (tertiary/aromatic N) is 1. The van der Waals surface area contributed by atoms with E-state index in [2.05, 4.69) is 50.9 Å². The van der Waals surface area contributed by atoms with Crippen molar-refractivity contribution in [1.82, 2.24) is 0 Å². The van der Waals surface area contributed by atoms with E-state index in [4.69, 9.17) is 0 Å². The van der Waals surface area contributed by atoms with Gasteiger partial charge in [0.25, 0.3) is 0 Å². The maximum atomic E-state index is 12.1. The van der Waals surface area contributed by atoms with Crippen molar-refractivity contribution in [3.05, 3.63) is 22.8 Å². The van der Waals surface area contributed by atoms with Crippen molar-refractivity contribution < 1.29 is 4.79 Å². The molecule has 0 fully saturated rings. The number of carbonyl (C=O) groups is 1. The van der Waals surface area contributed by atoms with Crippen LogP contribution in [0.3, 0.4) is 0 Å². The first-order chi connectivity index (χ1) is 9.03. The van der Waals surface area contributed by atoms with E-state index in [1.54, 1.807) is 0 Å². The summed E-state index contributed by atoms with van der Waals surface area (Å²) in [5.41, 5.74) is 5.64. The van der Waals surface area contributed by atoms with Gasteiger partial charge < -0.3 is 10.2 Å². The molecule has 3 nitrogen and oxygen atoms in total. The van der Waals surface area contributed by atoms with Gasteiger partial charge in [0.1, 0.15) is 0 Å². The van der Waals surface area contributed by atoms with Crippen molar-refractivity contribution in [3.8, 4) is 0 Å². The smallest absolute Gasteiger partial charge is 0.224 e. The molecule has 0 aliphatic rings. The molecule has 0 unspecified atom stereocenters. The molecule has 0 saturated carbocycles. The minimum Gasteiger partial charge on any atom is -0.377 e. The van der Waals surface area contributed by atoms with Crippen LogP contribution in [0.2, 0.25) is 0 Å². The number of benzene rings is 1. The van der Waals surface area contributed by atoms with Crippen LogP contribution < -0.4 is 10.2 Å². The zero-order chi connectivity index (χ0) is 15.7. The van der Waals surface area contributed by atoms with Crippen LogP contribution in [0.1, 0.15) is 43.9 Å². The second-order valence-corrected chi connectivity index (χ2v) is 7.02. The second-order valence-electron chi connectivity index (χ2n) is 7.02. The molecule has 0 aliphatic heterocycles. The van der Waals surface area contributed by atoms with Crippen LogP contribution in [0.15, 0.2) is 6.07 Å². The Hall–Kier alpha value is -1.51. The third-order valence-electron chi connectivity index (χ3n) is 3.51. The molecule has 3 heteroatoms. The number of nitrogens with one attached hydrogen (secondary N) is 1. The maximum absolute atomic E-state index is 12.1. The first-order valence-electron chi connectivity index (χ1n) is 7.11. The minimum atomic E-state index is 0.00448. The van der Waals surface area contributed by atoms with Crippen molar-refractivity contribution in [2.45, 2.75) is 48.0 Å². The normalized spacial score (nSPS) is 11.4. The van der Waals surface area contributed by atoms with Gasteiger partial charge in [-0.2, -0.15) is 0 Å². The average molecular weight is 276 g/mol. The summed E-state index contributed by atoms with van der Waals surface area (Å²) in [6, 6.07) is 2.13. The molecule has 0 saturated heterocycles. The fraction of sp³-hybridized carbons (Fsp3) is 0.588. The highest BCUT2D eigenvalue weighted by molar-refractivity contribution is 5.93. The Kier molecular flexibility index (Phi) is 4.85. The number of hydrogen-bond donors (Lipinski definition) is 1. The highest BCUT2D eigenvalue weighted by Gasteiger charge is 2.18. The lowest BCUT2D eigenvalue weighted by atomic mass is 9.91. The molecular weight excluding hydrogens is 248 g/mol. The summed E-state index contributed by atoms with van der Waals surface area (Å²) in [5.74, 6) is 0.0840. The summed E-state index contributed by atoms with van der Waals surface area (Å²) in [4.78, 5) is 14.2. The molecule has 20 heavy (non-hydrogen) atoms. The van der Waals surface area contributed by atoms with Gasteiger partial charge in [-0.25, -0.2) is 0 Å². The van der Waals surface area contributed by atoms with E-state index in [1.165, 1.54) is 11.3 Å². The maximum Gasteiger partial charge on any atom is 0.224 e. The molecule has 0 aromatic heterocycles. The lowest BCUT2D eigenvalue weighted by Crippen LogP contribution is -2.21. The largest absolute Gasteiger partial charge is 0.377 e. The van der Waals surface area contributed by atoms with Crippen LogP contribution in [0.25, 0.3) is 0 Å². The summed E-state index contributed by atoms with van der Waals surface area (Å²) < 4.78 is 0. The molecule has 0 spiro atoms. The zero-order valence-electron chi connectivity index (χ0n) is 14.1. The van der Waals surface area contributed by atoms with Gasteiger partial charge in [-0.05, 0) is 48.9 Å². The Bertz CT molecular complexity index is 511. The number of amides is 1. The highest BCUT2D eigenvalue weighted by Crippen LogP contribution is 2.31. The topological polar surface area (TPSA) is 32.3 Å². The van der Waals surface area contributed by atoms with Gasteiger partial charge >= 0.3 is 0 Å². The fourth-order valence-electron chi connectivity index (χ4n) is 2.38. The molecule has 0 radical (unpaired) electrons. The van der Waals surface area contributed by atoms with Crippen molar-refractivity contribution in [1.29, 1.82) is 0 Å². The lowest BCUT2D eigenvalue weighted by Gasteiger charge is -2.23. The molecule has 0 bridgehead atoms. The molecule has 1 rings (SSSR count). The molecule has 112 valence electrons. The van der Waals surface area contributed by atoms with Gasteiger partial charge in [0.2, 0.25) is 5.91 Å². The first-order valence-corrected chi connectivity index (χ1v) is 7.11. The van der Waals surface area contributed by atoms with Crippen LogP contribution in [0, 0.1) is 26.2 Å². The van der Waals surface area contributed by atoms with Crippen LogP contribution in [0.4, 0.5) is 11.4 Å². The monoisotopic (exact) mass is 276 g/mol. The SMILES string of the molecule is Cc1cc(N(C)C)c(C)c(C)c1NC(=O)CC(C)(C)C. The van der Waals surface area contributed by atoms with Crippen LogP contribution >= 0.6 is 0 Å². The van der Waals surface area contributed by atoms with Crippen molar-refractivity contribution in [2.24, 2.45) is 5.41 Å². The zero-order valence-corrected chi connectivity index (χ0v) is 14.1. The van der Waals surface area contributed by atoms with E-state index in [-0.39, 0.29) is 11.3 Å². The van der Waals surface area contributed by atoms with Gasteiger partial charge in [0.05, 0.1) is 0 Å². The highest BCUT2D eigenvalue weighted by atomic mass is 16.1. The Balaban J connectivity index is 3.09. The summed E-state index contributed by atoms with van der Waals surface area (Å²) in [7, 11) is 4.08. The van der Waals surface area contributed by atoms with Gasteiger partial charge in [0, 0.05) is 31.9 Å². The molecule has 0 heterocycles. The Labute approximate surface area is 123 Å². The van der Waals surface area contributed by atoms with E-state index in [0.717, 1.165) is 16.8 Å². The van der Waals surface area contributed by atoms with Gasteiger partial charge in [-0.1, -0.05) is 20.8 Å². The fourth-order valence-corrected chi connectivity index (χ4v) is 2.38. The predicted octanol–water partition coefficient (Wildman–Crippen LogP) is 4.05. The number of carbonyl (C=O) groups excluding carboxylic acids is 1. The Morgan fingerprint density at radius 1 is 1.15 bits per heavy atom. The van der Waals surface area contributed by atoms with E-state index in [9.17, 15) is 4.79 Å². The Morgan fingerprint density at radius 3 is 2.15 bits per heavy atom. The number of anilines is 2. The van der Waals surface area contributed by atoms with Crippen LogP contribution in [0.5, 0.6) is 0 Å². The van der Waals surface area contributed by atoms with Gasteiger partial charge in [-0.3, -0.25) is 4.79 Å². The Morgan fingerprint density at radius 2 is 1.70 bits per heavy atom. The summed E-state index contributed by atoms with van der Waals surface area (Å²) in [6.45, 7) is 12.4. The number of aryl methyl sites for hydroxylation is 1. The molecular formula is C17H28N2O. The quantitative estimate of drug-likeness (QED) is 0.903. The lowest BCUT2D eigenvalue weighted by molar-refractivity contribution is -0.117. The third-order valence-corrected chi connectivity index (χ3v) is 3.51. The van der Waals surface area contributed by atoms with E-state index >= 15 is 0 Å². The molecule has 1 N–H and O–H groups in total. The van der Waals surface area contributed by atoms with Crippen molar-refractivity contribution in [2.75, 3.05) is 24.3 Å². The molecule has 0 aliphatic carbocycles. The summed E-state index contributed by atoms with van der Waals surface area (Å²) in [6.07, 6.45) is 0.528. The van der Waals surface area contributed by atoms with Crippen LogP contribution in [-0.4, -0.2) is 20.0 Å². The average Bonchev–Trinajstić information content (AvgIpc) is 2.26. The van der Waals surface area contributed by atoms with E-state index < -0.39 is 0 Å². The van der Waals surface area contributed by atoms with Crippen LogP contribution in [-0.2, 0) is 4.79 Å². The summed E-state index contributed by atoms with van der Waals surface area (Å²) in [5, 5.41) is 3.08. The standard InChI is InChI=1S/C17H28N2O/c1-11-9-14(19(7)8)12(2)13(3)16(11)18-15(20)10-17(4,5)6/h9H,10H2,1-8H3,(H,18,20). The molecule has 1 aromatic carbocycles. The minimum absolute atomic E-state index is 0.00448. The van der Waals surface area contributed by atoms with Crippen molar-refractivity contribution >= 4 is 17.3 Å². The number of hydrogen-bond acceptors (Lipinski definition) is 2. The van der Waals surface area contributed by atoms with E-state index in [1.807, 2.05) is 21.0 Å². The third kappa shape index (κ3) is 3.99. The van der Waals surface area contributed by atoms with E-state index in [0.29, 0.717) is 6.42 Å². The molecule has 0 atom stereocenters.